The van der Waals surface area contributed by atoms with E-state index >= 15 is 0 Å². The standard InChI is InChI=1S/C15H20O2/c1-12(2)14(10-6-7-11-15(16)17)13-8-4-3-5-9-13/h3-5,8-10,12H,6-7,11H2,1-2H3,(H,16,17)/b14-10+. The number of allylic oxidation sites excluding steroid dienone is 2. The minimum absolute atomic E-state index is 0.247. The van der Waals surface area contributed by atoms with Gasteiger partial charge < -0.3 is 5.11 Å². The molecular formula is C15H20O2. The molecule has 0 aliphatic heterocycles. The average Bonchev–Trinajstić information content (AvgIpc) is 2.29. The number of aliphatic carboxylic acids is 1. The van der Waals surface area contributed by atoms with Crippen molar-refractivity contribution in [3.8, 4) is 0 Å². The SMILES string of the molecule is CC(C)/C(=C\CCCC(=O)O)c1ccccc1. The molecule has 0 aromatic heterocycles. The highest BCUT2D eigenvalue weighted by atomic mass is 16.4. The van der Waals surface area contributed by atoms with Crippen LogP contribution < -0.4 is 0 Å². The molecule has 17 heavy (non-hydrogen) atoms. The Labute approximate surface area is 103 Å². The number of benzene rings is 1. The number of unbranched alkanes of at least 4 members (excludes halogenated alkanes) is 1. The van der Waals surface area contributed by atoms with Gasteiger partial charge >= 0.3 is 5.97 Å². The van der Waals surface area contributed by atoms with E-state index in [1.165, 1.54) is 11.1 Å². The van der Waals surface area contributed by atoms with Crippen molar-refractivity contribution in [2.45, 2.75) is 33.1 Å². The van der Waals surface area contributed by atoms with Gasteiger partial charge in [0.15, 0.2) is 0 Å². The van der Waals surface area contributed by atoms with Gasteiger partial charge in [-0.05, 0) is 29.9 Å². The Morgan fingerprint density at radius 3 is 2.47 bits per heavy atom. The van der Waals surface area contributed by atoms with Crippen molar-refractivity contribution in [1.29, 1.82) is 0 Å². The summed E-state index contributed by atoms with van der Waals surface area (Å²) in [4.78, 5) is 10.4. The topological polar surface area (TPSA) is 37.3 Å². The predicted octanol–water partition coefficient (Wildman–Crippen LogP) is 3.98. The van der Waals surface area contributed by atoms with Gasteiger partial charge in [-0.15, -0.1) is 0 Å². The van der Waals surface area contributed by atoms with Gasteiger partial charge in [0.2, 0.25) is 0 Å². The van der Waals surface area contributed by atoms with Gasteiger partial charge in [0.1, 0.15) is 0 Å². The molecule has 0 radical (unpaired) electrons. The summed E-state index contributed by atoms with van der Waals surface area (Å²) in [7, 11) is 0. The Bertz CT molecular complexity index is 377. The summed E-state index contributed by atoms with van der Waals surface area (Å²) >= 11 is 0. The Balaban J connectivity index is 2.67. The Morgan fingerprint density at radius 2 is 1.94 bits per heavy atom. The van der Waals surface area contributed by atoms with Crippen LogP contribution in [0.15, 0.2) is 36.4 Å². The van der Waals surface area contributed by atoms with Crippen LogP contribution in [0.2, 0.25) is 0 Å². The van der Waals surface area contributed by atoms with Crippen LogP contribution in [0.5, 0.6) is 0 Å². The van der Waals surface area contributed by atoms with Crippen molar-refractivity contribution in [1.82, 2.24) is 0 Å². The number of hydrogen-bond acceptors (Lipinski definition) is 1. The first kappa shape index (κ1) is 13.5. The van der Waals surface area contributed by atoms with Crippen LogP contribution in [0.4, 0.5) is 0 Å². The van der Waals surface area contributed by atoms with E-state index in [-0.39, 0.29) is 6.42 Å². The van der Waals surface area contributed by atoms with Crippen molar-refractivity contribution in [2.24, 2.45) is 5.92 Å². The molecular weight excluding hydrogens is 212 g/mol. The summed E-state index contributed by atoms with van der Waals surface area (Å²) in [5.41, 5.74) is 2.54. The smallest absolute Gasteiger partial charge is 0.303 e. The molecule has 0 aliphatic rings. The zero-order chi connectivity index (χ0) is 12.7. The number of carboxylic acid groups (broad SMARTS) is 1. The van der Waals surface area contributed by atoms with E-state index in [0.717, 1.165) is 6.42 Å². The van der Waals surface area contributed by atoms with E-state index in [1.54, 1.807) is 0 Å². The van der Waals surface area contributed by atoms with Crippen LogP contribution in [0.25, 0.3) is 5.57 Å². The third kappa shape index (κ3) is 4.85. The van der Waals surface area contributed by atoms with Crippen LogP contribution in [-0.2, 0) is 4.79 Å². The van der Waals surface area contributed by atoms with Crippen molar-refractivity contribution in [3.05, 3.63) is 42.0 Å². The van der Waals surface area contributed by atoms with Crippen molar-refractivity contribution >= 4 is 11.5 Å². The Hall–Kier alpha value is -1.57. The normalized spacial score (nSPS) is 11.8. The molecule has 1 rings (SSSR count). The summed E-state index contributed by atoms with van der Waals surface area (Å²) in [6, 6.07) is 10.3. The van der Waals surface area contributed by atoms with Gasteiger partial charge in [-0.3, -0.25) is 4.79 Å². The molecule has 1 aromatic rings. The van der Waals surface area contributed by atoms with E-state index in [4.69, 9.17) is 5.11 Å². The fourth-order valence-electron chi connectivity index (χ4n) is 1.83. The first-order valence-corrected chi connectivity index (χ1v) is 6.08. The maximum Gasteiger partial charge on any atom is 0.303 e. The lowest BCUT2D eigenvalue weighted by atomic mass is 9.94. The van der Waals surface area contributed by atoms with Crippen LogP contribution in [-0.4, -0.2) is 11.1 Å². The van der Waals surface area contributed by atoms with Crippen LogP contribution >= 0.6 is 0 Å². The molecule has 0 unspecified atom stereocenters. The Morgan fingerprint density at radius 1 is 1.29 bits per heavy atom. The zero-order valence-electron chi connectivity index (χ0n) is 10.5. The number of carbonyl (C=O) groups is 1. The lowest BCUT2D eigenvalue weighted by Gasteiger charge is -2.11. The molecule has 0 saturated carbocycles. The molecule has 0 spiro atoms. The van der Waals surface area contributed by atoms with Gasteiger partial charge in [-0.25, -0.2) is 0 Å². The summed E-state index contributed by atoms with van der Waals surface area (Å²) in [5.74, 6) is -0.258. The summed E-state index contributed by atoms with van der Waals surface area (Å²) in [6.07, 6.45) is 3.95. The van der Waals surface area contributed by atoms with Gasteiger partial charge in [0, 0.05) is 6.42 Å². The van der Waals surface area contributed by atoms with Gasteiger partial charge in [0.05, 0.1) is 0 Å². The lowest BCUT2D eigenvalue weighted by molar-refractivity contribution is -0.137. The van der Waals surface area contributed by atoms with Crippen LogP contribution in [0.3, 0.4) is 0 Å². The third-order valence-corrected chi connectivity index (χ3v) is 2.69. The number of carboxylic acids is 1. The van der Waals surface area contributed by atoms with E-state index in [0.29, 0.717) is 12.3 Å². The van der Waals surface area contributed by atoms with E-state index in [2.05, 4.69) is 32.1 Å². The second kappa shape index (κ2) is 6.89. The first-order valence-electron chi connectivity index (χ1n) is 6.08. The molecule has 0 atom stereocenters. The summed E-state index contributed by atoms with van der Waals surface area (Å²) in [5, 5.41) is 8.58. The average molecular weight is 232 g/mol. The van der Waals surface area contributed by atoms with Crippen LogP contribution in [0.1, 0.15) is 38.7 Å². The second-order valence-corrected chi connectivity index (χ2v) is 4.47. The molecule has 0 amide bonds. The highest BCUT2D eigenvalue weighted by molar-refractivity contribution is 5.68. The van der Waals surface area contributed by atoms with E-state index < -0.39 is 5.97 Å². The summed E-state index contributed by atoms with van der Waals surface area (Å²) < 4.78 is 0. The Kier molecular flexibility index (Phi) is 5.47. The largest absolute Gasteiger partial charge is 0.481 e. The maximum absolute atomic E-state index is 10.4. The molecule has 2 heteroatoms. The first-order chi connectivity index (χ1) is 8.11. The molecule has 0 heterocycles. The van der Waals surface area contributed by atoms with Gasteiger partial charge in [-0.2, -0.15) is 0 Å². The zero-order valence-corrected chi connectivity index (χ0v) is 10.5. The third-order valence-electron chi connectivity index (χ3n) is 2.69. The minimum Gasteiger partial charge on any atom is -0.481 e. The number of hydrogen-bond donors (Lipinski definition) is 1. The van der Waals surface area contributed by atoms with Crippen LogP contribution in [0, 0.1) is 5.92 Å². The monoisotopic (exact) mass is 232 g/mol. The predicted molar refractivity (Wildman–Crippen MR) is 70.7 cm³/mol. The molecule has 2 nitrogen and oxygen atoms in total. The van der Waals surface area contributed by atoms with E-state index in [1.807, 2.05) is 18.2 Å². The molecule has 1 N–H and O–H groups in total. The minimum atomic E-state index is -0.718. The van der Waals surface area contributed by atoms with Gasteiger partial charge in [0.25, 0.3) is 0 Å². The van der Waals surface area contributed by atoms with Gasteiger partial charge in [-0.1, -0.05) is 50.3 Å². The lowest BCUT2D eigenvalue weighted by Crippen LogP contribution is -1.95. The molecule has 92 valence electrons. The molecule has 0 fully saturated rings. The highest BCUT2D eigenvalue weighted by Crippen LogP contribution is 2.23. The number of rotatable bonds is 6. The molecule has 0 bridgehead atoms. The maximum atomic E-state index is 10.4. The fourth-order valence-corrected chi connectivity index (χ4v) is 1.83. The quantitative estimate of drug-likeness (QED) is 0.753. The molecule has 0 saturated heterocycles. The summed E-state index contributed by atoms with van der Waals surface area (Å²) in [6.45, 7) is 4.33. The van der Waals surface area contributed by atoms with Crippen molar-refractivity contribution in [2.75, 3.05) is 0 Å². The van der Waals surface area contributed by atoms with Crippen molar-refractivity contribution in [3.63, 3.8) is 0 Å². The molecule has 1 aromatic carbocycles. The van der Waals surface area contributed by atoms with E-state index in [9.17, 15) is 4.79 Å². The molecule has 0 aliphatic carbocycles. The van der Waals surface area contributed by atoms with Crippen molar-refractivity contribution < 1.29 is 9.90 Å². The highest BCUT2D eigenvalue weighted by Gasteiger charge is 2.05. The fraction of sp³-hybridized carbons (Fsp3) is 0.400. The second-order valence-electron chi connectivity index (χ2n) is 4.47.